The third-order valence-electron chi connectivity index (χ3n) is 5.89. The first-order chi connectivity index (χ1) is 13.4. The van der Waals surface area contributed by atoms with Gasteiger partial charge in [-0.15, -0.1) is 24.0 Å². The second-order valence-electron chi connectivity index (χ2n) is 8.24. The minimum atomic E-state index is -4.12. The van der Waals surface area contributed by atoms with E-state index in [9.17, 15) is 13.2 Å². The van der Waals surface area contributed by atoms with Crippen LogP contribution in [0.2, 0.25) is 0 Å². The first-order valence-corrected chi connectivity index (χ1v) is 10.7. The van der Waals surface area contributed by atoms with Crippen molar-refractivity contribution in [2.75, 3.05) is 52.5 Å². The van der Waals surface area contributed by atoms with E-state index in [0.717, 1.165) is 45.1 Å². The summed E-state index contributed by atoms with van der Waals surface area (Å²) in [5.74, 6) is 1.00. The second-order valence-corrected chi connectivity index (χ2v) is 8.24. The number of hydrogen-bond donors (Lipinski definition) is 2. The molecule has 0 radical (unpaired) electrons. The smallest absolute Gasteiger partial charge is 0.382 e. The molecule has 0 amide bonds. The topological polar surface area (TPSA) is 48.9 Å². The Hall–Kier alpha value is -0.290. The van der Waals surface area contributed by atoms with Crippen molar-refractivity contribution in [2.24, 2.45) is 16.3 Å². The number of likely N-dealkylation sites (tertiary alicyclic amines) is 1. The van der Waals surface area contributed by atoms with Crippen molar-refractivity contribution in [3.8, 4) is 0 Å². The lowest BCUT2D eigenvalue weighted by molar-refractivity contribution is -0.143. The van der Waals surface area contributed by atoms with Crippen LogP contribution in [0.4, 0.5) is 13.2 Å². The summed E-state index contributed by atoms with van der Waals surface area (Å²) in [6.45, 7) is 7.98. The van der Waals surface area contributed by atoms with E-state index < -0.39 is 12.7 Å². The normalized spacial score (nSPS) is 22.5. The van der Waals surface area contributed by atoms with Crippen molar-refractivity contribution in [3.05, 3.63) is 0 Å². The number of nitrogens with one attached hydrogen (secondary N) is 2. The van der Waals surface area contributed by atoms with Crippen LogP contribution in [-0.4, -0.2) is 69.5 Å². The molecule has 1 saturated heterocycles. The lowest BCUT2D eigenvalue weighted by atomic mass is 9.83. The number of guanidine groups is 1. The van der Waals surface area contributed by atoms with Crippen LogP contribution in [0.5, 0.6) is 0 Å². The van der Waals surface area contributed by atoms with Gasteiger partial charge in [-0.3, -0.25) is 9.89 Å². The Bertz CT molecular complexity index is 485. The monoisotopic (exact) mass is 534 g/mol. The van der Waals surface area contributed by atoms with Crippen molar-refractivity contribution >= 4 is 29.9 Å². The molecule has 2 rings (SSSR count). The Balaban J connectivity index is 0.00000420. The molecule has 1 aliphatic heterocycles. The van der Waals surface area contributed by atoms with Gasteiger partial charge >= 0.3 is 6.18 Å². The zero-order valence-electron chi connectivity index (χ0n) is 17.8. The lowest BCUT2D eigenvalue weighted by Gasteiger charge is -2.27. The average Bonchev–Trinajstić information content (AvgIpc) is 3.26. The Morgan fingerprint density at radius 2 is 1.93 bits per heavy atom. The molecule has 29 heavy (non-hydrogen) atoms. The van der Waals surface area contributed by atoms with Gasteiger partial charge in [-0.1, -0.05) is 12.8 Å². The van der Waals surface area contributed by atoms with E-state index in [4.69, 9.17) is 9.73 Å². The molecule has 2 aliphatic rings. The number of nitrogens with zero attached hydrogens (tertiary/aromatic N) is 2. The fourth-order valence-electron chi connectivity index (χ4n) is 4.35. The van der Waals surface area contributed by atoms with Crippen molar-refractivity contribution < 1.29 is 17.9 Å². The van der Waals surface area contributed by atoms with Crippen LogP contribution in [-0.2, 0) is 4.74 Å². The standard InChI is InChI=1S/C20H37F3N4O.HI/c1-3-24-18(25-13-17-7-11-27(14-17)16-20(21,22)23)26-15-19(8-5-6-9-19)10-12-28-4-2;/h17H,3-16H2,1-2H3,(H2,24,25,26);1H. The van der Waals surface area contributed by atoms with Crippen LogP contribution in [0.15, 0.2) is 4.99 Å². The molecule has 0 aromatic carbocycles. The van der Waals surface area contributed by atoms with E-state index >= 15 is 0 Å². The molecule has 1 heterocycles. The van der Waals surface area contributed by atoms with Crippen LogP contribution in [0.1, 0.15) is 52.4 Å². The van der Waals surface area contributed by atoms with E-state index in [1.54, 1.807) is 0 Å². The SMILES string of the molecule is CCNC(=NCC1(CCOCC)CCCC1)NCC1CCN(CC(F)(F)F)C1.I. The van der Waals surface area contributed by atoms with Crippen LogP contribution in [0.3, 0.4) is 0 Å². The number of ether oxygens (including phenoxy) is 1. The molecule has 9 heteroatoms. The van der Waals surface area contributed by atoms with Gasteiger partial charge in [0.25, 0.3) is 0 Å². The number of alkyl halides is 3. The minimum absolute atomic E-state index is 0. The van der Waals surface area contributed by atoms with Crippen LogP contribution in [0, 0.1) is 11.3 Å². The number of aliphatic imine (C=N–C) groups is 1. The van der Waals surface area contributed by atoms with Crippen molar-refractivity contribution in [1.29, 1.82) is 0 Å². The van der Waals surface area contributed by atoms with Crippen LogP contribution in [0.25, 0.3) is 0 Å². The zero-order valence-corrected chi connectivity index (χ0v) is 20.2. The molecular formula is C20H38F3IN4O. The van der Waals surface area contributed by atoms with Gasteiger partial charge < -0.3 is 15.4 Å². The highest BCUT2D eigenvalue weighted by Crippen LogP contribution is 2.41. The summed E-state index contributed by atoms with van der Waals surface area (Å²) in [6.07, 6.45) is 2.61. The van der Waals surface area contributed by atoms with Gasteiger partial charge in [-0.2, -0.15) is 13.2 Å². The Labute approximate surface area is 190 Å². The van der Waals surface area contributed by atoms with Gasteiger partial charge in [0.15, 0.2) is 5.96 Å². The summed E-state index contributed by atoms with van der Waals surface area (Å²) in [5.41, 5.74) is 0.231. The summed E-state index contributed by atoms with van der Waals surface area (Å²) >= 11 is 0. The quantitative estimate of drug-likeness (QED) is 0.192. The van der Waals surface area contributed by atoms with Crippen LogP contribution >= 0.6 is 24.0 Å². The predicted octanol–water partition coefficient (Wildman–Crippen LogP) is 4.03. The molecule has 2 N–H and O–H groups in total. The fraction of sp³-hybridized carbons (Fsp3) is 0.950. The maximum atomic E-state index is 12.5. The van der Waals surface area contributed by atoms with Gasteiger partial charge in [0, 0.05) is 39.4 Å². The summed E-state index contributed by atoms with van der Waals surface area (Å²) in [4.78, 5) is 6.33. The molecule has 1 unspecified atom stereocenters. The highest BCUT2D eigenvalue weighted by atomic mass is 127. The molecule has 2 fully saturated rings. The molecule has 1 saturated carbocycles. The van der Waals surface area contributed by atoms with Gasteiger partial charge in [0.05, 0.1) is 6.54 Å². The maximum Gasteiger partial charge on any atom is 0.401 e. The van der Waals surface area contributed by atoms with E-state index in [1.807, 2.05) is 13.8 Å². The summed E-state index contributed by atoms with van der Waals surface area (Å²) in [5, 5.41) is 6.63. The van der Waals surface area contributed by atoms with Crippen LogP contribution < -0.4 is 10.6 Å². The zero-order chi connectivity index (χ0) is 20.5. The van der Waals surface area contributed by atoms with Crippen molar-refractivity contribution in [2.45, 2.75) is 58.5 Å². The number of hydrogen-bond acceptors (Lipinski definition) is 3. The average molecular weight is 534 g/mol. The lowest BCUT2D eigenvalue weighted by Crippen LogP contribution is -2.41. The van der Waals surface area contributed by atoms with E-state index in [0.29, 0.717) is 19.6 Å². The number of rotatable bonds is 10. The summed E-state index contributed by atoms with van der Waals surface area (Å²) < 4.78 is 43.2. The van der Waals surface area contributed by atoms with Gasteiger partial charge in [0.2, 0.25) is 0 Å². The fourth-order valence-corrected chi connectivity index (χ4v) is 4.35. The summed E-state index contributed by atoms with van der Waals surface area (Å²) in [7, 11) is 0. The Kier molecular flexibility index (Phi) is 12.2. The Morgan fingerprint density at radius 3 is 2.55 bits per heavy atom. The molecule has 0 aromatic rings. The number of halogens is 4. The molecule has 0 spiro atoms. The first-order valence-electron chi connectivity index (χ1n) is 10.7. The van der Waals surface area contributed by atoms with Gasteiger partial charge in [-0.05, 0) is 57.4 Å². The van der Waals surface area contributed by atoms with Gasteiger partial charge in [-0.25, -0.2) is 0 Å². The predicted molar refractivity (Wildman–Crippen MR) is 122 cm³/mol. The van der Waals surface area contributed by atoms with E-state index in [1.165, 1.54) is 30.6 Å². The van der Waals surface area contributed by atoms with Gasteiger partial charge in [0.1, 0.15) is 0 Å². The third-order valence-corrected chi connectivity index (χ3v) is 5.89. The van der Waals surface area contributed by atoms with Crippen molar-refractivity contribution in [1.82, 2.24) is 15.5 Å². The molecular weight excluding hydrogens is 496 g/mol. The molecule has 0 bridgehead atoms. The highest BCUT2D eigenvalue weighted by molar-refractivity contribution is 14.0. The molecule has 0 aromatic heterocycles. The largest absolute Gasteiger partial charge is 0.401 e. The first kappa shape index (κ1) is 26.7. The maximum absolute atomic E-state index is 12.5. The second kappa shape index (κ2) is 13.2. The van der Waals surface area contributed by atoms with E-state index in [2.05, 4.69) is 10.6 Å². The van der Waals surface area contributed by atoms with Crippen molar-refractivity contribution in [3.63, 3.8) is 0 Å². The summed E-state index contributed by atoms with van der Waals surface area (Å²) in [6, 6.07) is 0. The van der Waals surface area contributed by atoms with E-state index in [-0.39, 0.29) is 35.3 Å². The molecule has 1 aliphatic carbocycles. The molecule has 172 valence electrons. The minimum Gasteiger partial charge on any atom is -0.382 e. The molecule has 5 nitrogen and oxygen atoms in total. The molecule has 1 atom stereocenters. The highest BCUT2D eigenvalue weighted by Gasteiger charge is 2.35. The Morgan fingerprint density at radius 1 is 1.21 bits per heavy atom. The third kappa shape index (κ3) is 10.0.